The number of rotatable bonds is 4. The van der Waals surface area contributed by atoms with Crippen LogP contribution in [-0.4, -0.2) is 71.5 Å². The van der Waals surface area contributed by atoms with E-state index in [1.165, 1.54) is 0 Å². The van der Waals surface area contributed by atoms with Crippen LogP contribution >= 0.6 is 0 Å². The first kappa shape index (κ1) is 19.7. The molecular formula is C21H31N3O3. The van der Waals surface area contributed by atoms with Crippen molar-refractivity contribution in [1.82, 2.24) is 14.7 Å². The number of benzene rings is 1. The van der Waals surface area contributed by atoms with Gasteiger partial charge in [0.05, 0.1) is 0 Å². The van der Waals surface area contributed by atoms with Crippen LogP contribution in [0.25, 0.3) is 0 Å². The zero-order chi connectivity index (χ0) is 19.4. The Morgan fingerprint density at radius 3 is 2.56 bits per heavy atom. The van der Waals surface area contributed by atoms with Gasteiger partial charge in [0.2, 0.25) is 5.91 Å². The molecule has 3 rings (SSSR count). The molecule has 0 unspecified atom stereocenters. The fraction of sp³-hybridized carbons (Fsp3) is 0.619. The average molecular weight is 373 g/mol. The second kappa shape index (κ2) is 8.74. The lowest BCUT2D eigenvalue weighted by molar-refractivity contribution is -0.138. The molecule has 2 aliphatic rings. The van der Waals surface area contributed by atoms with Gasteiger partial charge in [-0.1, -0.05) is 37.3 Å². The van der Waals surface area contributed by atoms with Crippen molar-refractivity contribution in [1.29, 1.82) is 0 Å². The normalized spacial score (nSPS) is 26.3. The quantitative estimate of drug-likeness (QED) is 0.814. The van der Waals surface area contributed by atoms with E-state index >= 15 is 0 Å². The molecule has 6 nitrogen and oxygen atoms in total. The molecule has 1 aromatic rings. The van der Waals surface area contributed by atoms with Crippen molar-refractivity contribution in [2.45, 2.75) is 57.8 Å². The van der Waals surface area contributed by atoms with Gasteiger partial charge in [-0.05, 0) is 38.8 Å². The van der Waals surface area contributed by atoms with Crippen molar-refractivity contribution in [3.05, 3.63) is 35.9 Å². The van der Waals surface area contributed by atoms with Crippen molar-refractivity contribution in [3.8, 4) is 0 Å². The second-order valence-electron chi connectivity index (χ2n) is 7.72. The van der Waals surface area contributed by atoms with Crippen LogP contribution < -0.4 is 0 Å². The van der Waals surface area contributed by atoms with E-state index < -0.39 is 6.04 Å². The number of piperazine rings is 1. The summed E-state index contributed by atoms with van der Waals surface area (Å²) in [6, 6.07) is 9.67. The van der Waals surface area contributed by atoms with Gasteiger partial charge in [-0.3, -0.25) is 9.69 Å². The zero-order valence-electron chi connectivity index (χ0n) is 16.6. The minimum Gasteiger partial charge on any atom is -0.445 e. The summed E-state index contributed by atoms with van der Waals surface area (Å²) < 4.78 is 5.56. The minimum absolute atomic E-state index is 0.0718. The van der Waals surface area contributed by atoms with Crippen molar-refractivity contribution >= 4 is 12.0 Å². The maximum atomic E-state index is 13.2. The van der Waals surface area contributed by atoms with Gasteiger partial charge in [0, 0.05) is 31.7 Å². The Labute approximate surface area is 162 Å². The van der Waals surface area contributed by atoms with Crippen LogP contribution in [0.15, 0.2) is 30.3 Å². The zero-order valence-corrected chi connectivity index (χ0v) is 16.6. The third kappa shape index (κ3) is 4.43. The molecule has 27 heavy (non-hydrogen) atoms. The summed E-state index contributed by atoms with van der Waals surface area (Å²) in [4.78, 5) is 31.9. The maximum absolute atomic E-state index is 13.2. The van der Waals surface area contributed by atoms with Crippen LogP contribution in [0, 0.1) is 0 Å². The number of likely N-dealkylation sites (tertiary alicyclic amines) is 1. The molecule has 0 radical (unpaired) electrons. The number of hydrogen-bond donors (Lipinski definition) is 0. The number of ether oxygens (including phenoxy) is 1. The van der Waals surface area contributed by atoms with Crippen molar-refractivity contribution in [2.75, 3.05) is 26.7 Å². The predicted molar refractivity (Wildman–Crippen MR) is 104 cm³/mol. The lowest BCUT2D eigenvalue weighted by Gasteiger charge is -2.40. The van der Waals surface area contributed by atoms with E-state index in [0.717, 1.165) is 44.5 Å². The van der Waals surface area contributed by atoms with E-state index in [-0.39, 0.29) is 24.6 Å². The molecule has 2 aliphatic heterocycles. The second-order valence-corrected chi connectivity index (χ2v) is 7.72. The van der Waals surface area contributed by atoms with Gasteiger partial charge in [-0.2, -0.15) is 0 Å². The molecular weight excluding hydrogens is 342 g/mol. The summed E-state index contributed by atoms with van der Waals surface area (Å²) in [5, 5.41) is 0. The van der Waals surface area contributed by atoms with Crippen molar-refractivity contribution in [2.24, 2.45) is 0 Å². The topological polar surface area (TPSA) is 53.1 Å². The molecule has 1 aromatic carbocycles. The van der Waals surface area contributed by atoms with Gasteiger partial charge >= 0.3 is 6.09 Å². The number of likely N-dealkylation sites (N-methyl/N-ethyl adjacent to an activating group) is 1. The van der Waals surface area contributed by atoms with Crippen LogP contribution in [-0.2, 0) is 16.1 Å². The maximum Gasteiger partial charge on any atom is 0.411 e. The highest BCUT2D eigenvalue weighted by atomic mass is 16.6. The first-order chi connectivity index (χ1) is 13.0. The van der Waals surface area contributed by atoms with Crippen LogP contribution in [0.2, 0.25) is 0 Å². The molecule has 2 saturated heterocycles. The molecule has 0 bridgehead atoms. The number of carbonyl (C=O) groups excluding carboxylic acids is 2. The summed E-state index contributed by atoms with van der Waals surface area (Å²) in [5.74, 6) is 0.0718. The van der Waals surface area contributed by atoms with E-state index in [9.17, 15) is 9.59 Å². The van der Waals surface area contributed by atoms with E-state index in [0.29, 0.717) is 6.04 Å². The number of nitrogens with zero attached hydrogens (tertiary/aromatic N) is 3. The van der Waals surface area contributed by atoms with Crippen LogP contribution in [0.4, 0.5) is 4.79 Å². The summed E-state index contributed by atoms with van der Waals surface area (Å²) in [6.45, 7) is 6.74. The predicted octanol–water partition coefficient (Wildman–Crippen LogP) is 2.73. The molecule has 0 aliphatic carbocycles. The van der Waals surface area contributed by atoms with Crippen LogP contribution in [0.3, 0.4) is 0 Å². The number of amides is 2. The molecule has 6 heteroatoms. The first-order valence-corrected chi connectivity index (χ1v) is 9.99. The van der Waals surface area contributed by atoms with Crippen molar-refractivity contribution < 1.29 is 14.3 Å². The third-order valence-electron chi connectivity index (χ3n) is 5.95. The van der Waals surface area contributed by atoms with Gasteiger partial charge in [0.15, 0.2) is 0 Å². The van der Waals surface area contributed by atoms with E-state index in [4.69, 9.17) is 4.74 Å². The average Bonchev–Trinajstić information content (AvgIpc) is 3.12. The minimum atomic E-state index is -0.395. The van der Waals surface area contributed by atoms with Gasteiger partial charge < -0.3 is 14.5 Å². The Kier molecular flexibility index (Phi) is 6.37. The van der Waals surface area contributed by atoms with E-state index in [1.54, 1.807) is 4.90 Å². The monoisotopic (exact) mass is 373 g/mol. The van der Waals surface area contributed by atoms with Gasteiger partial charge in [-0.15, -0.1) is 0 Å². The summed E-state index contributed by atoms with van der Waals surface area (Å²) in [5.41, 5.74) is 0.953. The fourth-order valence-electron chi connectivity index (χ4n) is 4.06. The summed E-state index contributed by atoms with van der Waals surface area (Å²) in [6.07, 6.45) is 2.04. The highest BCUT2D eigenvalue weighted by Crippen LogP contribution is 2.29. The summed E-state index contributed by atoms with van der Waals surface area (Å²) in [7, 11) is 2.09. The third-order valence-corrected chi connectivity index (χ3v) is 5.95. The lowest BCUT2D eigenvalue weighted by Crippen LogP contribution is -2.57. The van der Waals surface area contributed by atoms with E-state index in [1.807, 2.05) is 35.2 Å². The lowest BCUT2D eigenvalue weighted by atomic mass is 10.1. The Morgan fingerprint density at radius 2 is 1.89 bits per heavy atom. The molecule has 148 valence electrons. The number of carbonyl (C=O) groups is 2. The molecule has 3 atom stereocenters. The largest absolute Gasteiger partial charge is 0.445 e. The molecule has 2 fully saturated rings. The first-order valence-electron chi connectivity index (χ1n) is 9.99. The van der Waals surface area contributed by atoms with Gasteiger partial charge in [-0.25, -0.2) is 4.79 Å². The molecule has 0 saturated carbocycles. The van der Waals surface area contributed by atoms with Crippen molar-refractivity contribution in [3.63, 3.8) is 0 Å². The number of hydrogen-bond acceptors (Lipinski definition) is 4. The van der Waals surface area contributed by atoms with Gasteiger partial charge in [0.1, 0.15) is 12.6 Å². The Hall–Kier alpha value is -2.08. The standard InChI is InChI=1S/C21H31N3O3/c1-4-18-10-11-19(20(25)23-13-12-22(3)16(2)14-23)24(18)21(26)27-15-17-8-6-5-7-9-17/h5-9,16,18-19H,4,10-15H2,1-3H3/t16-,18-,19+/m1/s1. The van der Waals surface area contributed by atoms with Crippen LogP contribution in [0.1, 0.15) is 38.7 Å². The Morgan fingerprint density at radius 1 is 1.15 bits per heavy atom. The molecule has 2 amide bonds. The molecule has 0 aromatic heterocycles. The van der Waals surface area contributed by atoms with E-state index in [2.05, 4.69) is 25.8 Å². The molecule has 2 heterocycles. The highest BCUT2D eigenvalue weighted by molar-refractivity contribution is 5.86. The summed E-state index contributed by atoms with van der Waals surface area (Å²) >= 11 is 0. The van der Waals surface area contributed by atoms with Gasteiger partial charge in [0.25, 0.3) is 0 Å². The SMILES string of the molecule is CC[C@@H]1CC[C@@H](C(=O)N2CCN(C)[C@H](C)C2)N1C(=O)OCc1ccccc1. The highest BCUT2D eigenvalue weighted by Gasteiger charge is 2.43. The Balaban J connectivity index is 1.66. The molecule has 0 spiro atoms. The van der Waals surface area contributed by atoms with Crippen LogP contribution in [0.5, 0.6) is 0 Å². The fourth-order valence-corrected chi connectivity index (χ4v) is 4.06. The molecule has 0 N–H and O–H groups in total. The Bertz CT molecular complexity index is 651. The smallest absolute Gasteiger partial charge is 0.411 e.